The summed E-state index contributed by atoms with van der Waals surface area (Å²) < 4.78 is 0. The van der Waals surface area contributed by atoms with E-state index in [4.69, 9.17) is 0 Å². The van der Waals surface area contributed by atoms with E-state index >= 15 is 0 Å². The third-order valence-corrected chi connectivity index (χ3v) is 6.92. The van der Waals surface area contributed by atoms with Crippen LogP contribution in [0, 0.1) is 29.1 Å². The van der Waals surface area contributed by atoms with Crippen LogP contribution in [-0.2, 0) is 0 Å². The van der Waals surface area contributed by atoms with Gasteiger partial charge in [0.2, 0.25) is 0 Å². The molecule has 2 atom stereocenters. The maximum atomic E-state index is 2.84. The van der Waals surface area contributed by atoms with Crippen molar-refractivity contribution < 1.29 is 0 Å². The van der Waals surface area contributed by atoms with Crippen molar-refractivity contribution in [3.8, 4) is 0 Å². The van der Waals surface area contributed by atoms with Gasteiger partial charge in [0, 0.05) is 6.54 Å². The average molecular weight is 261 g/mol. The number of hydrogen-bond donors (Lipinski definition) is 0. The first kappa shape index (κ1) is 12.7. The van der Waals surface area contributed by atoms with Crippen molar-refractivity contribution in [1.82, 2.24) is 4.90 Å². The zero-order valence-electron chi connectivity index (χ0n) is 12.7. The molecule has 1 aliphatic heterocycles. The highest BCUT2D eigenvalue weighted by molar-refractivity contribution is 5.00. The molecule has 1 saturated heterocycles. The van der Waals surface area contributed by atoms with Gasteiger partial charge in [-0.05, 0) is 87.1 Å². The minimum absolute atomic E-state index is 0.758. The van der Waals surface area contributed by atoms with Crippen molar-refractivity contribution in [3.05, 3.63) is 0 Å². The fourth-order valence-electron chi connectivity index (χ4n) is 6.26. The summed E-state index contributed by atoms with van der Waals surface area (Å²) in [7, 11) is 0. The van der Waals surface area contributed by atoms with Crippen molar-refractivity contribution in [2.24, 2.45) is 29.1 Å². The molecular formula is C18H31N. The summed E-state index contributed by atoms with van der Waals surface area (Å²) in [4.78, 5) is 2.84. The molecule has 2 unspecified atom stereocenters. The Bertz CT molecular complexity index is 313. The lowest BCUT2D eigenvalue weighted by Crippen LogP contribution is -2.47. The standard InChI is InChI=1S/C18H31N/c1-14-4-6-19(7-5-14)13-18-10-15-2-3-16(11-18)9-17(8-15)12-18/h14-17H,2-13H2,1H3. The molecule has 0 aromatic rings. The molecule has 0 aromatic carbocycles. The van der Waals surface area contributed by atoms with Crippen molar-refractivity contribution in [2.75, 3.05) is 19.6 Å². The van der Waals surface area contributed by atoms with Crippen LogP contribution in [-0.4, -0.2) is 24.5 Å². The number of fused-ring (bicyclic) bond motifs is 1. The quantitative estimate of drug-likeness (QED) is 0.715. The summed E-state index contributed by atoms with van der Waals surface area (Å²) in [5, 5.41) is 0. The molecule has 4 saturated carbocycles. The minimum atomic E-state index is 0.758. The second kappa shape index (κ2) is 4.76. The normalized spacial score (nSPS) is 47.5. The summed E-state index contributed by atoms with van der Waals surface area (Å²) in [5.41, 5.74) is 0.758. The monoisotopic (exact) mass is 261 g/mol. The summed E-state index contributed by atoms with van der Waals surface area (Å²) in [6.45, 7) is 6.68. The van der Waals surface area contributed by atoms with Crippen LogP contribution < -0.4 is 0 Å². The Hall–Kier alpha value is -0.0400. The summed E-state index contributed by atoms with van der Waals surface area (Å²) in [5.74, 6) is 4.31. The van der Waals surface area contributed by atoms with E-state index in [1.165, 1.54) is 32.5 Å². The lowest BCUT2D eigenvalue weighted by molar-refractivity contribution is -0.00374. The van der Waals surface area contributed by atoms with E-state index in [9.17, 15) is 0 Å². The summed E-state index contributed by atoms with van der Waals surface area (Å²) in [6, 6.07) is 0. The fraction of sp³-hybridized carbons (Fsp3) is 1.00. The second-order valence-electron chi connectivity index (χ2n) is 8.72. The van der Waals surface area contributed by atoms with E-state index < -0.39 is 0 Å². The van der Waals surface area contributed by atoms with Gasteiger partial charge in [-0.2, -0.15) is 0 Å². The topological polar surface area (TPSA) is 3.24 Å². The SMILES string of the molecule is CC1CCN(CC23CC4CCC(CC(C4)C2)C3)CC1. The fourth-order valence-corrected chi connectivity index (χ4v) is 6.26. The zero-order chi connectivity index (χ0) is 12.9. The third kappa shape index (κ3) is 2.48. The van der Waals surface area contributed by atoms with Gasteiger partial charge in [-0.3, -0.25) is 0 Å². The highest BCUT2D eigenvalue weighted by atomic mass is 15.1. The highest BCUT2D eigenvalue weighted by Crippen LogP contribution is 2.58. The summed E-state index contributed by atoms with van der Waals surface area (Å²) in [6.07, 6.45) is 14.0. The van der Waals surface area contributed by atoms with E-state index in [0.717, 1.165) is 29.1 Å². The number of rotatable bonds is 2. The molecule has 0 spiro atoms. The number of hydrogen-bond acceptors (Lipinski definition) is 1. The smallest absolute Gasteiger partial charge is 0.00383 e. The second-order valence-corrected chi connectivity index (χ2v) is 8.72. The van der Waals surface area contributed by atoms with Crippen LogP contribution in [0.5, 0.6) is 0 Å². The Balaban J connectivity index is 1.47. The molecule has 0 radical (unpaired) electrons. The molecular weight excluding hydrogens is 230 g/mol. The van der Waals surface area contributed by atoms with Gasteiger partial charge in [-0.15, -0.1) is 0 Å². The van der Waals surface area contributed by atoms with Crippen molar-refractivity contribution in [1.29, 1.82) is 0 Å². The lowest BCUT2D eigenvalue weighted by Gasteiger charge is -2.51. The van der Waals surface area contributed by atoms with Gasteiger partial charge in [0.1, 0.15) is 0 Å². The molecule has 1 heterocycles. The van der Waals surface area contributed by atoms with Crippen LogP contribution in [0.3, 0.4) is 0 Å². The Morgan fingerprint density at radius 1 is 0.842 bits per heavy atom. The predicted molar refractivity (Wildman–Crippen MR) is 80.1 cm³/mol. The molecule has 5 rings (SSSR count). The molecule has 108 valence electrons. The van der Waals surface area contributed by atoms with E-state index in [1.54, 1.807) is 44.9 Å². The largest absolute Gasteiger partial charge is 0.303 e. The first-order valence-corrected chi connectivity index (χ1v) is 8.93. The Kier molecular flexibility index (Phi) is 3.17. The molecule has 5 aliphatic rings. The van der Waals surface area contributed by atoms with Crippen LogP contribution in [0.2, 0.25) is 0 Å². The third-order valence-electron chi connectivity index (χ3n) is 6.92. The highest BCUT2D eigenvalue weighted by Gasteiger charge is 2.48. The van der Waals surface area contributed by atoms with Crippen LogP contribution >= 0.6 is 0 Å². The van der Waals surface area contributed by atoms with Gasteiger partial charge in [0.05, 0.1) is 0 Å². The van der Waals surface area contributed by atoms with Gasteiger partial charge >= 0.3 is 0 Å². The first-order valence-electron chi connectivity index (χ1n) is 8.93. The number of likely N-dealkylation sites (tertiary alicyclic amines) is 1. The molecule has 0 amide bonds. The first-order chi connectivity index (χ1) is 9.21. The molecule has 4 aliphatic carbocycles. The van der Waals surface area contributed by atoms with Crippen molar-refractivity contribution in [3.63, 3.8) is 0 Å². The van der Waals surface area contributed by atoms with Crippen molar-refractivity contribution in [2.45, 2.75) is 64.7 Å². The zero-order valence-corrected chi connectivity index (χ0v) is 12.7. The lowest BCUT2D eigenvalue weighted by atomic mass is 9.58. The molecule has 0 N–H and O–H groups in total. The predicted octanol–water partition coefficient (Wildman–Crippen LogP) is 4.32. The van der Waals surface area contributed by atoms with Gasteiger partial charge in [0.15, 0.2) is 0 Å². The van der Waals surface area contributed by atoms with Crippen molar-refractivity contribution >= 4 is 0 Å². The average Bonchev–Trinajstić information content (AvgIpc) is 2.58. The van der Waals surface area contributed by atoms with E-state index in [-0.39, 0.29) is 0 Å². The number of nitrogens with zero attached hydrogens (tertiary/aromatic N) is 1. The Labute approximate surface area is 119 Å². The minimum Gasteiger partial charge on any atom is -0.303 e. The maximum Gasteiger partial charge on any atom is 0.00383 e. The Morgan fingerprint density at radius 2 is 1.42 bits per heavy atom. The van der Waals surface area contributed by atoms with E-state index in [1.807, 2.05) is 0 Å². The molecule has 1 heteroatoms. The molecule has 19 heavy (non-hydrogen) atoms. The molecule has 5 fully saturated rings. The van der Waals surface area contributed by atoms with Gasteiger partial charge < -0.3 is 4.90 Å². The van der Waals surface area contributed by atoms with Crippen LogP contribution in [0.15, 0.2) is 0 Å². The van der Waals surface area contributed by atoms with Crippen LogP contribution in [0.4, 0.5) is 0 Å². The van der Waals surface area contributed by atoms with Gasteiger partial charge in [0.25, 0.3) is 0 Å². The molecule has 0 aromatic heterocycles. The van der Waals surface area contributed by atoms with E-state index in [2.05, 4.69) is 11.8 Å². The maximum absolute atomic E-state index is 2.84. The molecule has 1 nitrogen and oxygen atoms in total. The van der Waals surface area contributed by atoms with E-state index in [0.29, 0.717) is 0 Å². The number of piperidine rings is 1. The van der Waals surface area contributed by atoms with Gasteiger partial charge in [-0.25, -0.2) is 0 Å². The van der Waals surface area contributed by atoms with Gasteiger partial charge in [-0.1, -0.05) is 19.8 Å². The van der Waals surface area contributed by atoms with Crippen LogP contribution in [0.1, 0.15) is 64.7 Å². The van der Waals surface area contributed by atoms with Crippen LogP contribution in [0.25, 0.3) is 0 Å². The Morgan fingerprint density at radius 3 is 2.05 bits per heavy atom. The summed E-state index contributed by atoms with van der Waals surface area (Å²) >= 11 is 0. The molecule has 4 bridgehead atoms.